The Bertz CT molecular complexity index is 1070. The van der Waals surface area contributed by atoms with Crippen molar-refractivity contribution in [1.29, 1.82) is 0 Å². The van der Waals surface area contributed by atoms with Gasteiger partial charge >= 0.3 is 0 Å². The minimum absolute atomic E-state index is 0.162. The van der Waals surface area contributed by atoms with Crippen LogP contribution in [0.1, 0.15) is 39.2 Å². The summed E-state index contributed by atoms with van der Waals surface area (Å²) >= 11 is 3.33. The van der Waals surface area contributed by atoms with Crippen LogP contribution in [0, 0.1) is 11.6 Å². The van der Waals surface area contributed by atoms with E-state index in [1.807, 2.05) is 0 Å². The smallest absolute Gasteiger partial charge is 0.256 e. The van der Waals surface area contributed by atoms with E-state index in [4.69, 9.17) is 0 Å². The molecule has 0 bridgehead atoms. The molecule has 0 aliphatic heterocycles. The van der Waals surface area contributed by atoms with Crippen molar-refractivity contribution in [3.05, 3.63) is 99.5 Å². The molecule has 0 spiro atoms. The zero-order chi connectivity index (χ0) is 21.0. The van der Waals surface area contributed by atoms with Crippen LogP contribution in [0.25, 0.3) is 0 Å². The molecule has 4 nitrogen and oxygen atoms in total. The van der Waals surface area contributed by atoms with Gasteiger partial charge in [0.05, 0.1) is 22.9 Å². The summed E-state index contributed by atoms with van der Waals surface area (Å²) in [5.74, 6) is -2.31. The van der Waals surface area contributed by atoms with Crippen molar-refractivity contribution in [2.45, 2.75) is 13.0 Å². The molecule has 0 aliphatic rings. The number of carbonyl (C=O) groups excluding carboxylic acids is 2. The second-order valence-electron chi connectivity index (χ2n) is 6.34. The van der Waals surface area contributed by atoms with Gasteiger partial charge in [-0.05, 0) is 53.2 Å². The quantitative estimate of drug-likeness (QED) is 0.532. The molecule has 0 radical (unpaired) electrons. The SMILES string of the molecule is CC(NC(=O)c1ccccc1NC(=O)c1ccccc1Br)c1ccc(F)cc1F. The molecule has 0 saturated carbocycles. The van der Waals surface area contributed by atoms with Crippen LogP contribution >= 0.6 is 15.9 Å². The molecule has 0 aromatic heterocycles. The zero-order valence-electron chi connectivity index (χ0n) is 15.4. The summed E-state index contributed by atoms with van der Waals surface area (Å²) in [6.45, 7) is 1.59. The number of para-hydroxylation sites is 1. The van der Waals surface area contributed by atoms with Gasteiger partial charge in [-0.15, -0.1) is 0 Å². The van der Waals surface area contributed by atoms with Gasteiger partial charge in [-0.3, -0.25) is 9.59 Å². The number of nitrogens with one attached hydrogen (secondary N) is 2. The summed E-state index contributed by atoms with van der Waals surface area (Å²) in [6.07, 6.45) is 0. The molecule has 2 N–H and O–H groups in total. The Morgan fingerprint density at radius 3 is 2.24 bits per heavy atom. The maximum Gasteiger partial charge on any atom is 0.256 e. The highest BCUT2D eigenvalue weighted by molar-refractivity contribution is 9.10. The second kappa shape index (κ2) is 8.96. The average molecular weight is 459 g/mol. The van der Waals surface area contributed by atoms with Crippen molar-refractivity contribution in [3.63, 3.8) is 0 Å². The van der Waals surface area contributed by atoms with Crippen LogP contribution in [0.3, 0.4) is 0 Å². The molecule has 0 heterocycles. The number of hydrogen-bond donors (Lipinski definition) is 2. The molecular formula is C22H17BrF2N2O2. The highest BCUT2D eigenvalue weighted by Gasteiger charge is 2.19. The van der Waals surface area contributed by atoms with E-state index in [0.717, 1.165) is 12.1 Å². The molecule has 0 fully saturated rings. The predicted octanol–water partition coefficient (Wildman–Crippen LogP) is 5.47. The second-order valence-corrected chi connectivity index (χ2v) is 7.19. The molecule has 3 aromatic carbocycles. The number of rotatable bonds is 5. The Morgan fingerprint density at radius 2 is 1.55 bits per heavy atom. The minimum Gasteiger partial charge on any atom is -0.345 e. The first kappa shape index (κ1) is 20.7. The van der Waals surface area contributed by atoms with Crippen molar-refractivity contribution in [2.24, 2.45) is 0 Å². The molecule has 0 aliphatic carbocycles. The first-order valence-electron chi connectivity index (χ1n) is 8.77. The maximum absolute atomic E-state index is 14.0. The highest BCUT2D eigenvalue weighted by atomic mass is 79.9. The van der Waals surface area contributed by atoms with Crippen LogP contribution in [0.5, 0.6) is 0 Å². The lowest BCUT2D eigenvalue weighted by atomic mass is 10.1. The van der Waals surface area contributed by atoms with Crippen LogP contribution in [0.2, 0.25) is 0 Å². The Labute approximate surface area is 175 Å². The summed E-state index contributed by atoms with van der Waals surface area (Å²) in [4.78, 5) is 25.3. The molecule has 0 saturated heterocycles. The fourth-order valence-electron chi connectivity index (χ4n) is 2.83. The topological polar surface area (TPSA) is 58.2 Å². The van der Waals surface area contributed by atoms with Gasteiger partial charge in [0, 0.05) is 16.1 Å². The largest absolute Gasteiger partial charge is 0.345 e. The lowest BCUT2D eigenvalue weighted by Gasteiger charge is -2.17. The summed E-state index contributed by atoms with van der Waals surface area (Å²) in [5.41, 5.74) is 1.12. The molecule has 1 unspecified atom stereocenters. The molecule has 2 amide bonds. The number of anilines is 1. The van der Waals surface area contributed by atoms with E-state index < -0.39 is 23.6 Å². The summed E-state index contributed by atoms with van der Waals surface area (Å²) in [6, 6.07) is 15.9. The molecule has 3 rings (SSSR count). The van der Waals surface area contributed by atoms with Gasteiger partial charge in [-0.1, -0.05) is 30.3 Å². The van der Waals surface area contributed by atoms with Gasteiger partial charge in [0.15, 0.2) is 0 Å². The van der Waals surface area contributed by atoms with Gasteiger partial charge in [-0.2, -0.15) is 0 Å². The van der Waals surface area contributed by atoms with Crippen LogP contribution < -0.4 is 10.6 Å². The molecular weight excluding hydrogens is 442 g/mol. The van der Waals surface area contributed by atoms with Crippen LogP contribution in [0.15, 0.2) is 71.2 Å². The van der Waals surface area contributed by atoms with E-state index in [1.54, 1.807) is 55.5 Å². The van der Waals surface area contributed by atoms with E-state index in [1.165, 1.54) is 6.07 Å². The minimum atomic E-state index is -0.742. The fraction of sp³-hybridized carbons (Fsp3) is 0.0909. The average Bonchev–Trinajstić information content (AvgIpc) is 2.68. The summed E-state index contributed by atoms with van der Waals surface area (Å²) in [5, 5.41) is 5.40. The third-order valence-electron chi connectivity index (χ3n) is 4.31. The highest BCUT2D eigenvalue weighted by Crippen LogP contribution is 2.22. The molecule has 1 atom stereocenters. The number of carbonyl (C=O) groups is 2. The van der Waals surface area contributed by atoms with Crippen molar-refractivity contribution in [3.8, 4) is 0 Å². The van der Waals surface area contributed by atoms with Gasteiger partial charge in [0.2, 0.25) is 0 Å². The van der Waals surface area contributed by atoms with Crippen molar-refractivity contribution in [1.82, 2.24) is 5.32 Å². The monoisotopic (exact) mass is 458 g/mol. The Hall–Kier alpha value is -3.06. The Morgan fingerprint density at radius 1 is 0.897 bits per heavy atom. The first-order chi connectivity index (χ1) is 13.9. The third-order valence-corrected chi connectivity index (χ3v) is 5.01. The number of hydrogen-bond acceptors (Lipinski definition) is 2. The Kier molecular flexibility index (Phi) is 6.39. The predicted molar refractivity (Wildman–Crippen MR) is 111 cm³/mol. The fourth-order valence-corrected chi connectivity index (χ4v) is 3.29. The third kappa shape index (κ3) is 4.86. The van der Waals surface area contributed by atoms with E-state index in [0.29, 0.717) is 15.7 Å². The zero-order valence-corrected chi connectivity index (χ0v) is 17.0. The van der Waals surface area contributed by atoms with Crippen LogP contribution in [-0.4, -0.2) is 11.8 Å². The van der Waals surface area contributed by atoms with Gasteiger partial charge < -0.3 is 10.6 Å². The number of amides is 2. The van der Waals surface area contributed by atoms with Crippen LogP contribution in [-0.2, 0) is 0 Å². The summed E-state index contributed by atoms with van der Waals surface area (Å²) in [7, 11) is 0. The lowest BCUT2D eigenvalue weighted by molar-refractivity contribution is 0.0940. The van der Waals surface area contributed by atoms with E-state index in [-0.39, 0.29) is 17.0 Å². The van der Waals surface area contributed by atoms with E-state index in [9.17, 15) is 18.4 Å². The summed E-state index contributed by atoms with van der Waals surface area (Å²) < 4.78 is 27.7. The molecule has 7 heteroatoms. The van der Waals surface area contributed by atoms with Gasteiger partial charge in [0.25, 0.3) is 11.8 Å². The van der Waals surface area contributed by atoms with Crippen molar-refractivity contribution >= 4 is 33.4 Å². The van der Waals surface area contributed by atoms with Crippen molar-refractivity contribution < 1.29 is 18.4 Å². The standard InChI is InChI=1S/C22H17BrF2N2O2/c1-13(15-11-10-14(24)12-19(15)25)26-22(29)17-7-3-5-9-20(17)27-21(28)16-6-2-4-8-18(16)23/h2-13H,1H3,(H,26,29)(H,27,28). The normalized spacial score (nSPS) is 11.6. The Balaban J connectivity index is 1.80. The van der Waals surface area contributed by atoms with E-state index >= 15 is 0 Å². The van der Waals surface area contributed by atoms with Crippen LogP contribution in [0.4, 0.5) is 14.5 Å². The number of benzene rings is 3. The van der Waals surface area contributed by atoms with E-state index in [2.05, 4.69) is 26.6 Å². The van der Waals surface area contributed by atoms with Gasteiger partial charge in [0.1, 0.15) is 11.6 Å². The van der Waals surface area contributed by atoms with Gasteiger partial charge in [-0.25, -0.2) is 8.78 Å². The number of halogens is 3. The molecule has 29 heavy (non-hydrogen) atoms. The maximum atomic E-state index is 14.0. The lowest BCUT2D eigenvalue weighted by Crippen LogP contribution is -2.28. The molecule has 148 valence electrons. The van der Waals surface area contributed by atoms with Crippen molar-refractivity contribution in [2.75, 3.05) is 5.32 Å². The molecule has 3 aromatic rings. The first-order valence-corrected chi connectivity index (χ1v) is 9.57.